The second-order valence-corrected chi connectivity index (χ2v) is 8.75. The first-order valence-electron chi connectivity index (χ1n) is 11.2. The van der Waals surface area contributed by atoms with Gasteiger partial charge in [-0.05, 0) is 43.5 Å². The lowest BCUT2D eigenvalue weighted by Gasteiger charge is -2.38. The number of anilines is 1. The Bertz CT molecular complexity index is 1250. The van der Waals surface area contributed by atoms with Crippen molar-refractivity contribution >= 4 is 17.6 Å². The number of piperidine rings is 1. The van der Waals surface area contributed by atoms with Gasteiger partial charge in [0.1, 0.15) is 24.2 Å². The number of ether oxygens (including phenoxy) is 1. The highest BCUT2D eigenvalue weighted by Gasteiger charge is 2.48. The van der Waals surface area contributed by atoms with Crippen LogP contribution in [0.1, 0.15) is 35.4 Å². The van der Waals surface area contributed by atoms with Gasteiger partial charge in [-0.3, -0.25) is 14.7 Å². The Morgan fingerprint density at radius 2 is 1.97 bits per heavy atom. The summed E-state index contributed by atoms with van der Waals surface area (Å²) in [4.78, 5) is 37.5. The third-order valence-corrected chi connectivity index (χ3v) is 6.05. The molecule has 2 aliphatic rings. The van der Waals surface area contributed by atoms with Crippen LogP contribution in [0, 0.1) is 12.8 Å². The molecule has 10 nitrogen and oxygen atoms in total. The van der Waals surface area contributed by atoms with Crippen LogP contribution in [0.15, 0.2) is 36.9 Å². The molecule has 1 aliphatic heterocycles. The molecule has 2 aromatic heterocycles. The number of nitrogens with one attached hydrogen (secondary N) is 2. The van der Waals surface area contributed by atoms with Crippen LogP contribution in [-0.4, -0.2) is 67.0 Å². The second-order valence-electron chi connectivity index (χ2n) is 8.75. The number of alkyl halides is 2. The van der Waals surface area contributed by atoms with Crippen LogP contribution in [0.2, 0.25) is 0 Å². The molecule has 0 unspecified atom stereocenters. The minimum absolute atomic E-state index is 0.0377. The maximum absolute atomic E-state index is 14.9. The van der Waals surface area contributed by atoms with E-state index in [9.17, 15) is 18.4 Å². The fraction of sp³-hybridized carbons (Fsp3) is 0.391. The number of hydrogen-bond acceptors (Lipinski definition) is 7. The lowest BCUT2D eigenvalue weighted by Crippen LogP contribution is -2.55. The fourth-order valence-electron chi connectivity index (χ4n) is 3.95. The Morgan fingerprint density at radius 1 is 1.14 bits per heavy atom. The molecule has 0 spiro atoms. The summed E-state index contributed by atoms with van der Waals surface area (Å²) in [5.41, 5.74) is 1.98. The van der Waals surface area contributed by atoms with Gasteiger partial charge >= 0.3 is 5.92 Å². The Labute approximate surface area is 199 Å². The average Bonchev–Trinajstić information content (AvgIpc) is 3.55. The van der Waals surface area contributed by atoms with Crippen LogP contribution < -0.4 is 10.1 Å². The molecule has 35 heavy (non-hydrogen) atoms. The number of aromatic amines is 1. The monoisotopic (exact) mass is 483 g/mol. The zero-order chi connectivity index (χ0) is 24.6. The number of aryl methyl sites for hydroxylation is 1. The SMILES string of the molecule is Cc1cc(-c2cc(NC(=O)C3CC3)ncn2)ccc1O[C@H]1CCN(C(=O)c2ncn[nH]2)CC1(F)F. The number of H-pyrrole nitrogens is 1. The molecule has 1 aliphatic carbocycles. The Balaban J connectivity index is 1.26. The summed E-state index contributed by atoms with van der Waals surface area (Å²) in [5, 5.41) is 8.78. The smallest absolute Gasteiger partial charge is 0.301 e. The molecule has 0 radical (unpaired) electrons. The molecule has 2 amide bonds. The summed E-state index contributed by atoms with van der Waals surface area (Å²) < 4.78 is 35.5. The maximum Gasteiger partial charge on any atom is 0.301 e. The van der Waals surface area contributed by atoms with Gasteiger partial charge in [0.15, 0.2) is 6.10 Å². The Morgan fingerprint density at radius 3 is 2.66 bits per heavy atom. The van der Waals surface area contributed by atoms with E-state index in [1.54, 1.807) is 31.2 Å². The van der Waals surface area contributed by atoms with E-state index < -0.39 is 24.5 Å². The first-order valence-corrected chi connectivity index (χ1v) is 11.2. The number of likely N-dealkylation sites (tertiary alicyclic amines) is 1. The molecule has 3 heterocycles. The van der Waals surface area contributed by atoms with E-state index in [0.717, 1.165) is 29.6 Å². The predicted molar refractivity (Wildman–Crippen MR) is 120 cm³/mol. The predicted octanol–water partition coefficient (Wildman–Crippen LogP) is 2.85. The van der Waals surface area contributed by atoms with Crippen molar-refractivity contribution in [3.05, 3.63) is 48.3 Å². The van der Waals surface area contributed by atoms with Gasteiger partial charge in [0, 0.05) is 30.5 Å². The molecule has 1 saturated heterocycles. The van der Waals surface area contributed by atoms with E-state index in [1.165, 1.54) is 6.33 Å². The maximum atomic E-state index is 14.9. The molecule has 2 fully saturated rings. The van der Waals surface area contributed by atoms with Crippen molar-refractivity contribution in [3.63, 3.8) is 0 Å². The van der Waals surface area contributed by atoms with Crippen molar-refractivity contribution in [2.75, 3.05) is 18.4 Å². The minimum Gasteiger partial charge on any atom is -0.484 e. The summed E-state index contributed by atoms with van der Waals surface area (Å²) in [7, 11) is 0. The fourth-order valence-corrected chi connectivity index (χ4v) is 3.95. The number of halogens is 2. The van der Waals surface area contributed by atoms with Gasteiger partial charge in [-0.15, -0.1) is 0 Å². The van der Waals surface area contributed by atoms with Gasteiger partial charge < -0.3 is 15.0 Å². The van der Waals surface area contributed by atoms with E-state index in [0.29, 0.717) is 22.8 Å². The highest BCUT2D eigenvalue weighted by atomic mass is 19.3. The second kappa shape index (κ2) is 9.01. The van der Waals surface area contributed by atoms with E-state index >= 15 is 0 Å². The normalized spacial score (nSPS) is 19.3. The number of carbonyl (C=O) groups excluding carboxylic acids is 2. The van der Waals surface area contributed by atoms with Crippen molar-refractivity contribution in [3.8, 4) is 17.0 Å². The van der Waals surface area contributed by atoms with Gasteiger partial charge in [0.25, 0.3) is 5.91 Å². The zero-order valence-corrected chi connectivity index (χ0v) is 18.9. The van der Waals surface area contributed by atoms with Crippen LogP contribution in [0.3, 0.4) is 0 Å². The largest absolute Gasteiger partial charge is 0.484 e. The van der Waals surface area contributed by atoms with E-state index in [1.807, 2.05) is 0 Å². The molecule has 1 saturated carbocycles. The van der Waals surface area contributed by atoms with Crippen molar-refractivity contribution < 1.29 is 23.1 Å². The summed E-state index contributed by atoms with van der Waals surface area (Å²) in [6.45, 7) is 1.09. The molecule has 1 aromatic carbocycles. The molecule has 0 bridgehead atoms. The molecule has 182 valence electrons. The topological polar surface area (TPSA) is 126 Å². The molecular weight excluding hydrogens is 460 g/mol. The van der Waals surface area contributed by atoms with Crippen LogP contribution in [0.4, 0.5) is 14.6 Å². The molecule has 12 heteroatoms. The van der Waals surface area contributed by atoms with Crippen molar-refractivity contribution in [1.82, 2.24) is 30.0 Å². The van der Waals surface area contributed by atoms with Gasteiger partial charge in [0.2, 0.25) is 11.7 Å². The standard InChI is InChI=1S/C23H23F2N7O3/c1-13-8-15(16-9-19(27-11-26-16)30-21(33)14-2-3-14)4-5-17(13)35-18-6-7-32(10-23(18,24)25)22(34)20-28-12-29-31-20/h4-5,8-9,11-12,14,18H,2-3,6-7,10H2,1H3,(H,28,29,31)(H,26,27,30,33)/t18-/m0/s1. The van der Waals surface area contributed by atoms with Gasteiger partial charge in [-0.2, -0.15) is 5.10 Å². The molecule has 3 aromatic rings. The van der Waals surface area contributed by atoms with Crippen molar-refractivity contribution in [1.29, 1.82) is 0 Å². The lowest BCUT2D eigenvalue weighted by molar-refractivity contribution is -0.132. The van der Waals surface area contributed by atoms with Gasteiger partial charge in [-0.25, -0.2) is 23.7 Å². The van der Waals surface area contributed by atoms with Crippen molar-refractivity contribution in [2.45, 2.75) is 38.2 Å². The molecule has 5 rings (SSSR count). The summed E-state index contributed by atoms with van der Waals surface area (Å²) in [6, 6.07) is 6.80. The van der Waals surface area contributed by atoms with E-state index in [2.05, 4.69) is 30.5 Å². The molecule has 1 atom stereocenters. The first-order chi connectivity index (χ1) is 16.8. The summed E-state index contributed by atoms with van der Waals surface area (Å²) in [5.74, 6) is -3.21. The van der Waals surface area contributed by atoms with Crippen LogP contribution in [-0.2, 0) is 4.79 Å². The number of nitrogens with zero attached hydrogens (tertiary/aromatic N) is 5. The van der Waals surface area contributed by atoms with Crippen molar-refractivity contribution in [2.24, 2.45) is 5.92 Å². The third-order valence-electron chi connectivity index (χ3n) is 6.05. The third kappa shape index (κ3) is 4.96. The van der Waals surface area contributed by atoms with Crippen LogP contribution in [0.25, 0.3) is 11.3 Å². The molecule has 2 N–H and O–H groups in total. The number of amides is 2. The average molecular weight is 483 g/mol. The van der Waals surface area contributed by atoms with E-state index in [-0.39, 0.29) is 30.6 Å². The summed E-state index contributed by atoms with van der Waals surface area (Å²) >= 11 is 0. The summed E-state index contributed by atoms with van der Waals surface area (Å²) in [6.07, 6.45) is 2.88. The highest BCUT2D eigenvalue weighted by molar-refractivity contribution is 5.93. The first kappa shape index (κ1) is 22.8. The van der Waals surface area contributed by atoms with Gasteiger partial charge in [0.05, 0.1) is 12.2 Å². The lowest BCUT2D eigenvalue weighted by atomic mass is 10.0. The number of aromatic nitrogens is 5. The number of rotatable bonds is 6. The minimum atomic E-state index is -3.25. The number of hydrogen-bond donors (Lipinski definition) is 2. The van der Waals surface area contributed by atoms with Crippen LogP contribution >= 0.6 is 0 Å². The highest BCUT2D eigenvalue weighted by Crippen LogP contribution is 2.34. The van der Waals surface area contributed by atoms with Gasteiger partial charge in [-0.1, -0.05) is 0 Å². The number of carbonyl (C=O) groups is 2. The Kier molecular flexibility index (Phi) is 5.87. The van der Waals surface area contributed by atoms with E-state index in [4.69, 9.17) is 4.74 Å². The Hall–Kier alpha value is -3.96. The van der Waals surface area contributed by atoms with Crippen LogP contribution in [0.5, 0.6) is 5.75 Å². The molecular formula is C23H23F2N7O3. The zero-order valence-electron chi connectivity index (χ0n) is 18.9. The number of benzene rings is 1. The quantitative estimate of drug-likeness (QED) is 0.552.